The zero-order valence-electron chi connectivity index (χ0n) is 19.2. The Morgan fingerprint density at radius 3 is 2.00 bits per heavy atom. The van der Waals surface area contributed by atoms with Crippen molar-refractivity contribution >= 4 is 36.9 Å². The highest BCUT2D eigenvalue weighted by atomic mass is 127. The molecule has 0 amide bonds. The molecule has 164 valence electrons. The highest BCUT2D eigenvalue weighted by Crippen LogP contribution is 2.33. The van der Waals surface area contributed by atoms with Crippen LogP contribution in [-0.4, -0.2) is 26.5 Å². The molecule has 5 heteroatoms. The predicted octanol–water partition coefficient (Wildman–Crippen LogP) is 7.48. The minimum absolute atomic E-state index is 0.0310. The molecule has 0 aromatic heterocycles. The maximum Gasteiger partial charge on any atom is 0.338 e. The normalized spacial score (nSPS) is 16.6. The molecule has 0 aliphatic carbocycles. The van der Waals surface area contributed by atoms with E-state index in [2.05, 4.69) is 81.2 Å². The molecule has 0 heterocycles. The fourth-order valence-corrected chi connectivity index (χ4v) is 7.67. The van der Waals surface area contributed by atoms with Crippen LogP contribution in [0.1, 0.15) is 58.8 Å². The molecule has 0 bridgehead atoms. The highest BCUT2D eigenvalue weighted by molar-refractivity contribution is 14.1. The second-order valence-corrected chi connectivity index (χ2v) is 13.8. The van der Waals surface area contributed by atoms with E-state index >= 15 is 0 Å². The van der Waals surface area contributed by atoms with Crippen molar-refractivity contribution in [1.82, 2.24) is 0 Å². The molecular formula is C24H39IO3Si. The summed E-state index contributed by atoms with van der Waals surface area (Å²) in [7, 11) is -1.80. The quantitative estimate of drug-likeness (QED) is 0.160. The van der Waals surface area contributed by atoms with Gasteiger partial charge in [-0.1, -0.05) is 95.3 Å². The standard InChI is InChI=1S/C24H39IO3Si/c1-8-29(9-2,10-3)28-23(19(6)16-17-25)20(7)22(18(4)5)27-24(26)21-14-12-11-13-15-21/h11-20,22-23H,8-10H2,1-7H3/b17-16+/t19-,20-,22-,23-/m0/s1. The Labute approximate surface area is 192 Å². The lowest BCUT2D eigenvalue weighted by molar-refractivity contribution is -0.0350. The SMILES string of the molecule is CC[Si](CC)(CC)O[C@H]([C@@H](C)[C@@H](OC(=O)c1ccccc1)C(C)C)[C@@H](C)/C=C/I. The van der Waals surface area contributed by atoms with Crippen LogP contribution in [0, 0.1) is 17.8 Å². The van der Waals surface area contributed by atoms with Crippen molar-refractivity contribution in [2.75, 3.05) is 0 Å². The van der Waals surface area contributed by atoms with E-state index in [-0.39, 0.29) is 35.9 Å². The van der Waals surface area contributed by atoms with Crippen LogP contribution in [0.3, 0.4) is 0 Å². The van der Waals surface area contributed by atoms with Crippen LogP contribution >= 0.6 is 22.6 Å². The maximum atomic E-state index is 12.8. The lowest BCUT2D eigenvalue weighted by Gasteiger charge is -2.41. The molecule has 0 saturated heterocycles. The summed E-state index contributed by atoms with van der Waals surface area (Å²) in [6, 6.07) is 12.6. The average molecular weight is 531 g/mol. The van der Waals surface area contributed by atoms with Gasteiger partial charge in [-0.05, 0) is 40.3 Å². The number of hydrogen-bond acceptors (Lipinski definition) is 3. The van der Waals surface area contributed by atoms with Crippen molar-refractivity contribution < 1.29 is 14.0 Å². The molecule has 1 aromatic rings. The zero-order chi connectivity index (χ0) is 22.0. The molecule has 0 saturated carbocycles. The van der Waals surface area contributed by atoms with Crippen molar-refractivity contribution in [1.29, 1.82) is 0 Å². The summed E-state index contributed by atoms with van der Waals surface area (Å²) in [4.78, 5) is 12.8. The third-order valence-electron chi connectivity index (χ3n) is 6.16. The summed E-state index contributed by atoms with van der Waals surface area (Å²) in [6.45, 7) is 15.4. The molecule has 0 spiro atoms. The van der Waals surface area contributed by atoms with Gasteiger partial charge in [0.25, 0.3) is 0 Å². The van der Waals surface area contributed by atoms with Crippen molar-refractivity contribution in [2.24, 2.45) is 17.8 Å². The van der Waals surface area contributed by atoms with Crippen LogP contribution in [-0.2, 0) is 9.16 Å². The molecule has 0 aliphatic heterocycles. The third kappa shape index (κ3) is 7.51. The first-order valence-corrected chi connectivity index (χ1v) is 14.7. The summed E-state index contributed by atoms with van der Waals surface area (Å²) in [5.41, 5.74) is 0.599. The summed E-state index contributed by atoms with van der Waals surface area (Å²) in [6.07, 6.45) is 2.04. The molecule has 29 heavy (non-hydrogen) atoms. The van der Waals surface area contributed by atoms with E-state index in [1.165, 1.54) is 0 Å². The molecule has 0 unspecified atom stereocenters. The van der Waals surface area contributed by atoms with Crippen LogP contribution in [0.15, 0.2) is 40.5 Å². The summed E-state index contributed by atoms with van der Waals surface area (Å²) >= 11 is 2.27. The van der Waals surface area contributed by atoms with E-state index < -0.39 is 8.32 Å². The number of esters is 1. The van der Waals surface area contributed by atoms with Gasteiger partial charge < -0.3 is 9.16 Å². The Morgan fingerprint density at radius 1 is 1.00 bits per heavy atom. The Kier molecular flexibility index (Phi) is 11.7. The zero-order valence-corrected chi connectivity index (χ0v) is 22.3. The van der Waals surface area contributed by atoms with Crippen molar-refractivity contribution in [2.45, 2.75) is 78.8 Å². The van der Waals surface area contributed by atoms with Crippen molar-refractivity contribution in [3.63, 3.8) is 0 Å². The van der Waals surface area contributed by atoms with Crippen LogP contribution in [0.5, 0.6) is 0 Å². The number of halogens is 1. The Balaban J connectivity index is 3.17. The monoisotopic (exact) mass is 530 g/mol. The molecule has 0 aliphatic rings. The van der Waals surface area contributed by atoms with Crippen LogP contribution in [0.2, 0.25) is 18.1 Å². The lowest BCUT2D eigenvalue weighted by atomic mass is 9.84. The van der Waals surface area contributed by atoms with Gasteiger partial charge in [-0.25, -0.2) is 4.79 Å². The van der Waals surface area contributed by atoms with E-state index in [0.717, 1.165) is 18.1 Å². The molecule has 3 nitrogen and oxygen atoms in total. The molecule has 1 rings (SSSR count). The van der Waals surface area contributed by atoms with E-state index in [4.69, 9.17) is 9.16 Å². The highest BCUT2D eigenvalue weighted by Gasteiger charge is 2.40. The fourth-order valence-electron chi connectivity index (χ4n) is 4.01. The summed E-state index contributed by atoms with van der Waals surface area (Å²) in [5, 5.41) is 0. The number of rotatable bonds is 12. The first kappa shape index (κ1) is 26.4. The van der Waals surface area contributed by atoms with Crippen LogP contribution in [0.25, 0.3) is 0 Å². The van der Waals surface area contributed by atoms with Crippen LogP contribution in [0.4, 0.5) is 0 Å². The van der Waals surface area contributed by atoms with Gasteiger partial charge in [0, 0.05) is 11.8 Å². The molecule has 1 aromatic carbocycles. The van der Waals surface area contributed by atoms with E-state index in [1.54, 1.807) is 0 Å². The van der Waals surface area contributed by atoms with Gasteiger partial charge in [-0.2, -0.15) is 0 Å². The Morgan fingerprint density at radius 2 is 1.55 bits per heavy atom. The van der Waals surface area contributed by atoms with E-state index in [0.29, 0.717) is 5.56 Å². The van der Waals surface area contributed by atoms with Crippen molar-refractivity contribution in [3.05, 3.63) is 46.1 Å². The Hall–Kier alpha value is -0.663. The fraction of sp³-hybridized carbons (Fsp3) is 0.625. The van der Waals surface area contributed by atoms with E-state index in [9.17, 15) is 4.79 Å². The van der Waals surface area contributed by atoms with Gasteiger partial charge in [-0.15, -0.1) is 0 Å². The summed E-state index contributed by atoms with van der Waals surface area (Å²) in [5.74, 6) is 0.314. The summed E-state index contributed by atoms with van der Waals surface area (Å²) < 4.78 is 15.1. The lowest BCUT2D eigenvalue weighted by Crippen LogP contribution is -2.48. The minimum atomic E-state index is -1.80. The number of carbonyl (C=O) groups excluding carboxylic acids is 1. The van der Waals surface area contributed by atoms with Gasteiger partial charge in [0.15, 0.2) is 8.32 Å². The number of carbonyl (C=O) groups is 1. The molecular weight excluding hydrogens is 491 g/mol. The van der Waals surface area contributed by atoms with Gasteiger partial charge in [0.2, 0.25) is 0 Å². The first-order chi connectivity index (χ1) is 13.7. The van der Waals surface area contributed by atoms with Crippen LogP contribution < -0.4 is 0 Å². The van der Waals surface area contributed by atoms with Crippen molar-refractivity contribution in [3.8, 4) is 0 Å². The predicted molar refractivity (Wildman–Crippen MR) is 134 cm³/mol. The minimum Gasteiger partial charge on any atom is -0.458 e. The smallest absolute Gasteiger partial charge is 0.338 e. The first-order valence-electron chi connectivity index (χ1n) is 11.0. The van der Waals surface area contributed by atoms with E-state index in [1.807, 2.05) is 30.3 Å². The van der Waals surface area contributed by atoms with Gasteiger partial charge >= 0.3 is 5.97 Å². The number of ether oxygens (including phenoxy) is 1. The number of benzene rings is 1. The molecule has 0 fully saturated rings. The topological polar surface area (TPSA) is 35.5 Å². The molecule has 0 radical (unpaired) electrons. The second-order valence-electron chi connectivity index (χ2n) is 8.34. The molecule has 0 N–H and O–H groups in total. The van der Waals surface area contributed by atoms with Gasteiger partial charge in [-0.3, -0.25) is 0 Å². The third-order valence-corrected chi connectivity index (χ3v) is 11.2. The molecule has 4 atom stereocenters. The Bertz CT molecular complexity index is 620. The van der Waals surface area contributed by atoms with Gasteiger partial charge in [0.05, 0.1) is 11.7 Å². The maximum absolute atomic E-state index is 12.8. The average Bonchev–Trinajstić information content (AvgIpc) is 2.73. The second kappa shape index (κ2) is 12.9. The number of hydrogen-bond donors (Lipinski definition) is 0. The largest absolute Gasteiger partial charge is 0.458 e. The van der Waals surface area contributed by atoms with Gasteiger partial charge in [0.1, 0.15) is 6.10 Å².